The van der Waals surface area contributed by atoms with E-state index in [2.05, 4.69) is 15.9 Å². The molecule has 0 unspecified atom stereocenters. The third kappa shape index (κ3) is 4.00. The summed E-state index contributed by atoms with van der Waals surface area (Å²) in [6, 6.07) is 12.4. The molecule has 3 amide bonds. The van der Waals surface area contributed by atoms with Crippen LogP contribution in [0.4, 0.5) is 5.69 Å². The molecule has 31 heavy (non-hydrogen) atoms. The van der Waals surface area contributed by atoms with E-state index in [-0.39, 0.29) is 17.8 Å². The Kier molecular flexibility index (Phi) is 5.69. The summed E-state index contributed by atoms with van der Waals surface area (Å²) in [5, 5.41) is 13.2. The maximum Gasteiger partial charge on any atom is 0.273 e. The standard InChI is InChI=1S/C22H18BrN3O5/c23-16-10-8-14(9-11-16)13-24(20(27)15-4-3-5-17(12-15)26(30)31)25-21(28)18-6-1-2-7-19(18)22(25)29/h1-5,8-12,18-19H,6-7,13H2/t18-,19-/m1/s1. The lowest BCUT2D eigenvalue weighted by Gasteiger charge is -2.30. The number of amides is 3. The van der Waals surface area contributed by atoms with Crippen molar-refractivity contribution in [1.29, 1.82) is 0 Å². The first kappa shape index (κ1) is 20.9. The van der Waals surface area contributed by atoms with Crippen molar-refractivity contribution in [3.05, 3.63) is 86.4 Å². The van der Waals surface area contributed by atoms with Crippen LogP contribution in [0.1, 0.15) is 28.8 Å². The van der Waals surface area contributed by atoms with Crippen LogP contribution in [0, 0.1) is 22.0 Å². The second-order valence-electron chi connectivity index (χ2n) is 7.44. The Morgan fingerprint density at radius 2 is 1.68 bits per heavy atom. The van der Waals surface area contributed by atoms with Gasteiger partial charge in [-0.05, 0) is 36.6 Å². The van der Waals surface area contributed by atoms with E-state index in [0.717, 1.165) is 20.6 Å². The number of halogens is 1. The zero-order chi connectivity index (χ0) is 22.1. The molecule has 0 aromatic heterocycles. The summed E-state index contributed by atoms with van der Waals surface area (Å²) < 4.78 is 0.846. The predicted octanol–water partition coefficient (Wildman–Crippen LogP) is 3.87. The zero-order valence-corrected chi connectivity index (χ0v) is 17.9. The van der Waals surface area contributed by atoms with Crippen molar-refractivity contribution in [1.82, 2.24) is 10.0 Å². The van der Waals surface area contributed by atoms with Gasteiger partial charge in [0.25, 0.3) is 23.4 Å². The third-order valence-electron chi connectivity index (χ3n) is 5.51. The minimum absolute atomic E-state index is 0.0277. The van der Waals surface area contributed by atoms with Gasteiger partial charge < -0.3 is 0 Å². The molecule has 2 aromatic carbocycles. The number of fused-ring (bicyclic) bond motifs is 1. The average molecular weight is 484 g/mol. The van der Waals surface area contributed by atoms with Crippen LogP contribution in [0.15, 0.2) is 65.2 Å². The molecule has 2 aromatic rings. The summed E-state index contributed by atoms with van der Waals surface area (Å²) in [4.78, 5) is 50.2. The monoisotopic (exact) mass is 483 g/mol. The lowest BCUT2D eigenvalue weighted by atomic mass is 9.85. The summed E-state index contributed by atoms with van der Waals surface area (Å²) in [5.41, 5.74) is 0.488. The van der Waals surface area contributed by atoms with Crippen LogP contribution in [-0.2, 0) is 16.1 Å². The van der Waals surface area contributed by atoms with Crippen molar-refractivity contribution in [3.8, 4) is 0 Å². The number of non-ortho nitro benzene ring substituents is 1. The molecule has 0 bridgehead atoms. The van der Waals surface area contributed by atoms with Gasteiger partial charge in [-0.1, -0.05) is 46.3 Å². The fourth-order valence-corrected chi connectivity index (χ4v) is 4.18. The number of allylic oxidation sites excluding steroid dienone is 2. The summed E-state index contributed by atoms with van der Waals surface area (Å²) in [6.45, 7) is -0.0286. The second kappa shape index (κ2) is 8.43. The molecule has 1 saturated heterocycles. The maximum absolute atomic E-state index is 13.4. The van der Waals surface area contributed by atoms with Crippen molar-refractivity contribution in [3.63, 3.8) is 0 Å². The average Bonchev–Trinajstić information content (AvgIpc) is 3.03. The van der Waals surface area contributed by atoms with Gasteiger partial charge in [-0.2, -0.15) is 5.01 Å². The second-order valence-corrected chi connectivity index (χ2v) is 8.36. The van der Waals surface area contributed by atoms with Gasteiger partial charge in [-0.25, -0.2) is 5.01 Å². The Balaban J connectivity index is 1.72. The number of nitro groups is 1. The molecule has 1 aliphatic carbocycles. The first-order valence-corrected chi connectivity index (χ1v) is 10.5. The van der Waals surface area contributed by atoms with E-state index in [1.165, 1.54) is 18.2 Å². The van der Waals surface area contributed by atoms with Gasteiger partial charge in [0.15, 0.2) is 0 Å². The van der Waals surface area contributed by atoms with Crippen LogP contribution in [0.3, 0.4) is 0 Å². The highest BCUT2D eigenvalue weighted by atomic mass is 79.9. The molecular weight excluding hydrogens is 466 g/mol. The number of benzene rings is 2. The molecule has 1 fully saturated rings. The number of nitro benzene ring substituents is 1. The summed E-state index contributed by atoms with van der Waals surface area (Å²) >= 11 is 3.36. The van der Waals surface area contributed by atoms with E-state index in [1.54, 1.807) is 24.3 Å². The maximum atomic E-state index is 13.4. The quantitative estimate of drug-likeness (QED) is 0.278. The lowest BCUT2D eigenvalue weighted by molar-refractivity contribution is -0.384. The van der Waals surface area contributed by atoms with E-state index in [4.69, 9.17) is 0 Å². The van der Waals surface area contributed by atoms with Gasteiger partial charge >= 0.3 is 0 Å². The van der Waals surface area contributed by atoms with Crippen molar-refractivity contribution < 1.29 is 19.3 Å². The molecule has 1 aliphatic heterocycles. The zero-order valence-electron chi connectivity index (χ0n) is 16.3. The molecule has 1 heterocycles. The fourth-order valence-electron chi connectivity index (χ4n) is 3.92. The minimum atomic E-state index is -0.653. The molecule has 4 rings (SSSR count). The normalized spacial score (nSPS) is 20.0. The van der Waals surface area contributed by atoms with Crippen LogP contribution < -0.4 is 0 Å². The summed E-state index contributed by atoms with van der Waals surface area (Å²) in [6.07, 6.45) is 4.64. The van der Waals surface area contributed by atoms with Gasteiger partial charge in [-0.15, -0.1) is 0 Å². The predicted molar refractivity (Wildman–Crippen MR) is 114 cm³/mol. The number of hydrogen-bond donors (Lipinski definition) is 0. The van der Waals surface area contributed by atoms with Crippen LogP contribution in [0.5, 0.6) is 0 Å². The number of hydrazine groups is 1. The van der Waals surface area contributed by atoms with Crippen molar-refractivity contribution in [2.75, 3.05) is 0 Å². The highest BCUT2D eigenvalue weighted by molar-refractivity contribution is 9.10. The number of nitrogens with zero attached hydrogens (tertiary/aromatic N) is 3. The first-order chi connectivity index (χ1) is 14.9. The van der Waals surface area contributed by atoms with E-state index in [9.17, 15) is 24.5 Å². The van der Waals surface area contributed by atoms with Gasteiger partial charge in [0, 0.05) is 22.2 Å². The molecular formula is C22H18BrN3O5. The van der Waals surface area contributed by atoms with Crippen LogP contribution in [0.25, 0.3) is 0 Å². The van der Waals surface area contributed by atoms with Crippen molar-refractivity contribution in [2.45, 2.75) is 19.4 Å². The Hall–Kier alpha value is -3.33. The smallest absolute Gasteiger partial charge is 0.272 e. The fraction of sp³-hybridized carbons (Fsp3) is 0.227. The minimum Gasteiger partial charge on any atom is -0.272 e. The Bertz CT molecular complexity index is 1070. The highest BCUT2D eigenvalue weighted by Gasteiger charge is 2.50. The van der Waals surface area contributed by atoms with Gasteiger partial charge in [0.2, 0.25) is 0 Å². The number of carbonyl (C=O) groups is 3. The molecule has 2 aliphatic rings. The molecule has 2 atom stereocenters. The number of imide groups is 1. The Morgan fingerprint density at radius 1 is 1.06 bits per heavy atom. The highest BCUT2D eigenvalue weighted by Crippen LogP contribution is 2.36. The number of rotatable bonds is 5. The van der Waals surface area contributed by atoms with Crippen LogP contribution >= 0.6 is 15.9 Å². The topological polar surface area (TPSA) is 101 Å². The molecule has 9 heteroatoms. The van der Waals surface area contributed by atoms with Crippen LogP contribution in [-0.4, -0.2) is 32.7 Å². The van der Waals surface area contributed by atoms with Crippen molar-refractivity contribution >= 4 is 39.3 Å². The van der Waals surface area contributed by atoms with Gasteiger partial charge in [0.1, 0.15) is 0 Å². The van der Waals surface area contributed by atoms with E-state index in [1.807, 2.05) is 12.2 Å². The molecule has 0 spiro atoms. The SMILES string of the molecule is O=C(c1cccc([N+](=O)[O-])c1)N(Cc1ccc(Br)cc1)N1C(=O)[C@@H]2CC=CC[C@H]2C1=O. The molecule has 0 radical (unpaired) electrons. The third-order valence-corrected chi connectivity index (χ3v) is 6.04. The Labute approximate surface area is 186 Å². The van der Waals surface area contributed by atoms with E-state index < -0.39 is 34.5 Å². The lowest BCUT2D eigenvalue weighted by Crippen LogP contribution is -2.49. The van der Waals surface area contributed by atoms with Gasteiger partial charge in [-0.3, -0.25) is 24.5 Å². The van der Waals surface area contributed by atoms with E-state index >= 15 is 0 Å². The van der Waals surface area contributed by atoms with Crippen molar-refractivity contribution in [2.24, 2.45) is 11.8 Å². The largest absolute Gasteiger partial charge is 0.273 e. The molecule has 0 N–H and O–H groups in total. The number of hydrogen-bond acceptors (Lipinski definition) is 5. The Morgan fingerprint density at radius 3 is 2.26 bits per heavy atom. The van der Waals surface area contributed by atoms with Crippen LogP contribution in [0.2, 0.25) is 0 Å². The molecule has 0 saturated carbocycles. The molecule has 158 valence electrons. The number of carbonyl (C=O) groups excluding carboxylic acids is 3. The van der Waals surface area contributed by atoms with Gasteiger partial charge in [0.05, 0.1) is 23.3 Å². The first-order valence-electron chi connectivity index (χ1n) is 9.70. The van der Waals surface area contributed by atoms with E-state index in [0.29, 0.717) is 18.4 Å². The summed E-state index contributed by atoms with van der Waals surface area (Å²) in [7, 11) is 0. The molecule has 8 nitrogen and oxygen atoms in total. The summed E-state index contributed by atoms with van der Waals surface area (Å²) in [5.74, 6) is -2.49.